The van der Waals surface area contributed by atoms with Crippen molar-refractivity contribution in [2.75, 3.05) is 30.4 Å². The van der Waals surface area contributed by atoms with E-state index < -0.39 is 5.82 Å². The van der Waals surface area contributed by atoms with E-state index in [-0.39, 0.29) is 6.04 Å². The summed E-state index contributed by atoms with van der Waals surface area (Å²) in [6, 6.07) is 8.39. The van der Waals surface area contributed by atoms with Gasteiger partial charge >= 0.3 is 0 Å². The summed E-state index contributed by atoms with van der Waals surface area (Å²) < 4.78 is 14.7. The maximum absolute atomic E-state index is 14.7. The van der Waals surface area contributed by atoms with Crippen LogP contribution in [0.25, 0.3) is 0 Å². The number of halogens is 1. The predicted octanol–water partition coefficient (Wildman–Crippen LogP) is 3.99. The first-order chi connectivity index (χ1) is 14.1. The number of aromatic nitrogens is 2. The summed E-state index contributed by atoms with van der Waals surface area (Å²) >= 11 is 0. The zero-order chi connectivity index (χ0) is 20.4. The number of rotatable bonds is 4. The normalized spacial score (nSPS) is 21.9. The lowest BCUT2D eigenvalue weighted by Crippen LogP contribution is -2.56. The molecule has 0 saturated carbocycles. The first kappa shape index (κ1) is 19.6. The van der Waals surface area contributed by atoms with Crippen molar-refractivity contribution in [2.45, 2.75) is 51.1 Å². The van der Waals surface area contributed by atoms with Crippen LogP contribution in [0.3, 0.4) is 0 Å². The van der Waals surface area contributed by atoms with Gasteiger partial charge in [0.15, 0.2) is 11.6 Å². The summed E-state index contributed by atoms with van der Waals surface area (Å²) in [6.45, 7) is 4.17. The lowest BCUT2D eigenvalue weighted by Gasteiger charge is -2.47. The van der Waals surface area contributed by atoms with Crippen LogP contribution in [0.1, 0.15) is 43.2 Å². The van der Waals surface area contributed by atoms with Crippen LogP contribution < -0.4 is 10.2 Å². The van der Waals surface area contributed by atoms with Crippen molar-refractivity contribution in [3.05, 3.63) is 41.3 Å². The van der Waals surface area contributed by atoms with Crippen LogP contribution in [0, 0.1) is 24.1 Å². The standard InChI is InChI=1S/C22H27FN6/c1-15-8-9-17(12-16(15)13-24)26-22-25-14-18(23)21(27-22)28(2)19-7-5-11-29-10-4-3-6-20(19)29/h8-9,12,14,19-20H,3-7,10-11H2,1-2H3,(H,25,26,27)/t19-,20+/m0/s1. The molecule has 0 amide bonds. The number of likely N-dealkylation sites (N-methyl/N-ethyl adjacent to an activating group) is 1. The highest BCUT2D eigenvalue weighted by Crippen LogP contribution is 2.32. The number of aryl methyl sites for hydroxylation is 1. The average Bonchev–Trinajstić information content (AvgIpc) is 2.75. The Morgan fingerprint density at radius 3 is 2.90 bits per heavy atom. The molecule has 4 rings (SSSR count). The molecular formula is C22H27FN6. The van der Waals surface area contributed by atoms with Crippen molar-refractivity contribution >= 4 is 17.5 Å². The van der Waals surface area contributed by atoms with Gasteiger partial charge < -0.3 is 10.2 Å². The first-order valence-corrected chi connectivity index (χ1v) is 10.3. The van der Waals surface area contributed by atoms with E-state index in [0.29, 0.717) is 29.1 Å². The van der Waals surface area contributed by atoms with Crippen molar-refractivity contribution in [1.29, 1.82) is 5.26 Å². The quantitative estimate of drug-likeness (QED) is 0.846. The number of nitrogens with one attached hydrogen (secondary N) is 1. The molecule has 2 atom stereocenters. The van der Waals surface area contributed by atoms with E-state index in [1.54, 1.807) is 6.07 Å². The molecule has 0 radical (unpaired) electrons. The van der Waals surface area contributed by atoms with E-state index in [0.717, 1.165) is 37.9 Å². The minimum atomic E-state index is -0.410. The monoisotopic (exact) mass is 394 g/mol. The molecule has 0 bridgehead atoms. The highest BCUT2D eigenvalue weighted by molar-refractivity contribution is 5.59. The van der Waals surface area contributed by atoms with Crippen LogP contribution in [0.5, 0.6) is 0 Å². The van der Waals surface area contributed by atoms with Crippen LogP contribution in [-0.4, -0.2) is 47.1 Å². The minimum Gasteiger partial charge on any atom is -0.353 e. The van der Waals surface area contributed by atoms with Gasteiger partial charge in [-0.1, -0.05) is 12.5 Å². The molecule has 3 heterocycles. The van der Waals surface area contributed by atoms with Crippen molar-refractivity contribution in [1.82, 2.24) is 14.9 Å². The fraction of sp³-hybridized carbons (Fsp3) is 0.500. The fourth-order valence-corrected chi connectivity index (χ4v) is 4.65. The topological polar surface area (TPSA) is 68.1 Å². The summed E-state index contributed by atoms with van der Waals surface area (Å²) in [5, 5.41) is 12.3. The second-order valence-corrected chi connectivity index (χ2v) is 8.05. The van der Waals surface area contributed by atoms with E-state index in [1.165, 1.54) is 19.0 Å². The molecule has 0 unspecified atom stereocenters. The molecule has 2 aliphatic heterocycles. The number of fused-ring (bicyclic) bond motifs is 1. The van der Waals surface area contributed by atoms with Gasteiger partial charge in [0.25, 0.3) is 0 Å². The third-order valence-electron chi connectivity index (χ3n) is 6.22. The molecule has 29 heavy (non-hydrogen) atoms. The lowest BCUT2D eigenvalue weighted by molar-refractivity contribution is 0.0891. The summed E-state index contributed by atoms with van der Waals surface area (Å²) in [4.78, 5) is 13.1. The molecule has 1 aromatic heterocycles. The van der Waals surface area contributed by atoms with Crippen molar-refractivity contribution in [3.63, 3.8) is 0 Å². The molecular weight excluding hydrogens is 367 g/mol. The smallest absolute Gasteiger partial charge is 0.229 e. The molecule has 0 spiro atoms. The highest BCUT2D eigenvalue weighted by atomic mass is 19.1. The van der Waals surface area contributed by atoms with E-state index in [9.17, 15) is 9.65 Å². The average molecular weight is 394 g/mol. The van der Waals surface area contributed by atoms with Crippen molar-refractivity contribution < 1.29 is 4.39 Å². The van der Waals surface area contributed by atoms with Gasteiger partial charge in [0, 0.05) is 24.8 Å². The zero-order valence-electron chi connectivity index (χ0n) is 17.0. The van der Waals surface area contributed by atoms with Gasteiger partial charge in [0.1, 0.15) is 0 Å². The van der Waals surface area contributed by atoms with E-state index in [1.807, 2.05) is 31.0 Å². The molecule has 2 aliphatic rings. The third kappa shape index (κ3) is 4.03. The van der Waals surface area contributed by atoms with Gasteiger partial charge in [-0.15, -0.1) is 0 Å². The van der Waals surface area contributed by atoms with E-state index in [4.69, 9.17) is 0 Å². The summed E-state index contributed by atoms with van der Waals surface area (Å²) in [5.74, 6) is 0.248. The van der Waals surface area contributed by atoms with Crippen molar-refractivity contribution in [3.8, 4) is 6.07 Å². The van der Waals surface area contributed by atoms with Crippen LogP contribution in [0.15, 0.2) is 24.4 Å². The molecule has 1 N–H and O–H groups in total. The van der Waals surface area contributed by atoms with E-state index in [2.05, 4.69) is 26.3 Å². The molecule has 6 nitrogen and oxygen atoms in total. The zero-order valence-corrected chi connectivity index (χ0v) is 17.0. The second-order valence-electron chi connectivity index (χ2n) is 8.05. The Morgan fingerprint density at radius 2 is 2.07 bits per heavy atom. The number of nitriles is 1. The number of piperidine rings is 2. The van der Waals surface area contributed by atoms with Gasteiger partial charge in [-0.3, -0.25) is 4.90 Å². The van der Waals surface area contributed by atoms with E-state index >= 15 is 0 Å². The van der Waals surface area contributed by atoms with Crippen molar-refractivity contribution in [2.24, 2.45) is 0 Å². The summed E-state index contributed by atoms with van der Waals surface area (Å²) in [5.41, 5.74) is 2.21. The Kier molecular flexibility index (Phi) is 5.63. The van der Waals surface area contributed by atoms with Gasteiger partial charge in [-0.05, 0) is 63.4 Å². The Balaban J connectivity index is 1.57. The SMILES string of the molecule is Cc1ccc(Nc2ncc(F)c(N(C)[C@H]3CCCN4CCCC[C@H]34)n2)cc1C#N. The Bertz CT molecular complexity index is 922. The molecule has 1 aromatic carbocycles. The Labute approximate surface area is 171 Å². The van der Waals surface area contributed by atoms with Gasteiger partial charge in [0.2, 0.25) is 5.95 Å². The molecule has 0 aliphatic carbocycles. The predicted molar refractivity (Wildman–Crippen MR) is 112 cm³/mol. The summed E-state index contributed by atoms with van der Waals surface area (Å²) in [7, 11) is 1.94. The number of benzene rings is 1. The maximum Gasteiger partial charge on any atom is 0.229 e. The van der Waals surface area contributed by atoms with Gasteiger partial charge in [0.05, 0.1) is 17.8 Å². The van der Waals surface area contributed by atoms with Crippen LogP contribution in [0.4, 0.5) is 21.8 Å². The van der Waals surface area contributed by atoms with Gasteiger partial charge in [-0.2, -0.15) is 10.2 Å². The Hall–Kier alpha value is -2.72. The maximum atomic E-state index is 14.7. The summed E-state index contributed by atoms with van der Waals surface area (Å²) in [6.07, 6.45) is 7.05. The second kappa shape index (κ2) is 8.34. The third-order valence-corrected chi connectivity index (χ3v) is 6.22. The van der Waals surface area contributed by atoms with Crippen LogP contribution in [0.2, 0.25) is 0 Å². The Morgan fingerprint density at radius 1 is 1.24 bits per heavy atom. The lowest BCUT2D eigenvalue weighted by atomic mass is 9.88. The molecule has 152 valence electrons. The van der Waals surface area contributed by atoms with Crippen LogP contribution in [-0.2, 0) is 0 Å². The number of hydrogen-bond donors (Lipinski definition) is 1. The largest absolute Gasteiger partial charge is 0.353 e. The van der Waals surface area contributed by atoms with Gasteiger partial charge in [-0.25, -0.2) is 9.37 Å². The minimum absolute atomic E-state index is 0.255. The first-order valence-electron chi connectivity index (χ1n) is 10.3. The number of nitrogens with zero attached hydrogens (tertiary/aromatic N) is 5. The molecule has 7 heteroatoms. The highest BCUT2D eigenvalue weighted by Gasteiger charge is 2.36. The number of hydrogen-bond acceptors (Lipinski definition) is 6. The van der Waals surface area contributed by atoms with Crippen LogP contribution >= 0.6 is 0 Å². The molecule has 2 saturated heterocycles. The number of anilines is 3. The fourth-order valence-electron chi connectivity index (χ4n) is 4.65. The molecule has 2 aromatic rings. The molecule has 2 fully saturated rings.